The van der Waals surface area contributed by atoms with E-state index in [4.69, 9.17) is 33.7 Å². The molecule has 5 nitrogen and oxygen atoms in total. The number of benzene rings is 3. The molecule has 1 saturated heterocycles. The number of nitrogens with zero attached hydrogens (tertiary/aromatic N) is 1. The van der Waals surface area contributed by atoms with Crippen molar-refractivity contribution < 1.29 is 18.7 Å². The molecule has 0 saturated carbocycles. The van der Waals surface area contributed by atoms with E-state index in [9.17, 15) is 9.59 Å². The van der Waals surface area contributed by atoms with Gasteiger partial charge in [0.2, 0.25) is 5.91 Å². The van der Waals surface area contributed by atoms with E-state index in [2.05, 4.69) is 0 Å². The molecule has 2 amide bonds. The average Bonchev–Trinajstić information content (AvgIpc) is 3.30. The zero-order chi connectivity index (χ0) is 23.5. The normalized spacial score (nSPS) is 16.5. The standard InChI is InChI=1S/C25H21Cl2FN2O3/c26-17-10-7-15(8-11-17)23(18-4-1-2-5-19(18)27)33-22-12-9-16(14-20(22)28)25(32)30-13-3-6-21(30)24(29)31/h1-2,4-5,7-12,14,21,23H,3,6,13H2,(H2,29,31). The van der Waals surface area contributed by atoms with Crippen molar-refractivity contribution >= 4 is 35.0 Å². The highest BCUT2D eigenvalue weighted by Crippen LogP contribution is 2.34. The summed E-state index contributed by atoms with van der Waals surface area (Å²) >= 11 is 12.4. The topological polar surface area (TPSA) is 72.6 Å². The molecule has 1 fully saturated rings. The summed E-state index contributed by atoms with van der Waals surface area (Å²) < 4.78 is 21.1. The number of amides is 2. The van der Waals surface area contributed by atoms with Crippen LogP contribution in [0, 0.1) is 5.82 Å². The van der Waals surface area contributed by atoms with Crippen LogP contribution < -0.4 is 10.5 Å². The van der Waals surface area contributed by atoms with Crippen LogP contribution in [0.25, 0.3) is 0 Å². The number of hydrogen-bond acceptors (Lipinski definition) is 3. The molecule has 4 rings (SSSR count). The molecule has 170 valence electrons. The van der Waals surface area contributed by atoms with Crippen molar-refractivity contribution in [2.75, 3.05) is 6.54 Å². The van der Waals surface area contributed by atoms with E-state index >= 15 is 4.39 Å². The predicted octanol–water partition coefficient (Wildman–Crippen LogP) is 5.39. The molecule has 0 aliphatic carbocycles. The Balaban J connectivity index is 1.63. The summed E-state index contributed by atoms with van der Waals surface area (Å²) in [5.74, 6) is -1.75. The largest absolute Gasteiger partial charge is 0.478 e. The monoisotopic (exact) mass is 486 g/mol. The maximum Gasteiger partial charge on any atom is 0.254 e. The second-order valence-electron chi connectivity index (χ2n) is 7.78. The molecular weight excluding hydrogens is 466 g/mol. The van der Waals surface area contributed by atoms with Crippen LogP contribution in [0.15, 0.2) is 66.7 Å². The summed E-state index contributed by atoms with van der Waals surface area (Å²) in [7, 11) is 0. The molecule has 1 aliphatic heterocycles. The Morgan fingerprint density at radius 1 is 1.06 bits per heavy atom. The number of nitrogens with two attached hydrogens (primary N) is 1. The molecule has 0 bridgehead atoms. The first-order valence-corrected chi connectivity index (χ1v) is 11.2. The van der Waals surface area contributed by atoms with Crippen molar-refractivity contribution in [3.05, 3.63) is 99.3 Å². The van der Waals surface area contributed by atoms with E-state index in [1.165, 1.54) is 17.0 Å². The first-order chi connectivity index (χ1) is 15.8. The van der Waals surface area contributed by atoms with E-state index < -0.39 is 29.8 Å². The minimum absolute atomic E-state index is 0.0423. The van der Waals surface area contributed by atoms with E-state index in [0.29, 0.717) is 35.0 Å². The first-order valence-electron chi connectivity index (χ1n) is 10.4. The van der Waals surface area contributed by atoms with Crippen molar-refractivity contribution in [3.63, 3.8) is 0 Å². The number of ether oxygens (including phenoxy) is 1. The third-order valence-corrected chi connectivity index (χ3v) is 6.22. The van der Waals surface area contributed by atoms with Crippen molar-refractivity contribution in [2.24, 2.45) is 5.73 Å². The number of halogens is 3. The van der Waals surface area contributed by atoms with Gasteiger partial charge in [0, 0.05) is 27.7 Å². The SMILES string of the molecule is NC(=O)C1CCCN1C(=O)c1ccc(OC(c2ccc(Cl)cc2)c2ccccc2Cl)c(F)c1. The van der Waals surface area contributed by atoms with E-state index in [0.717, 1.165) is 11.6 Å². The maximum absolute atomic E-state index is 15.1. The lowest BCUT2D eigenvalue weighted by Gasteiger charge is -2.23. The van der Waals surface area contributed by atoms with Gasteiger partial charge in [-0.2, -0.15) is 0 Å². The van der Waals surface area contributed by atoms with Gasteiger partial charge in [-0.15, -0.1) is 0 Å². The summed E-state index contributed by atoms with van der Waals surface area (Å²) in [4.78, 5) is 25.9. The highest BCUT2D eigenvalue weighted by Gasteiger charge is 2.33. The average molecular weight is 487 g/mol. The van der Waals surface area contributed by atoms with Crippen LogP contribution >= 0.6 is 23.2 Å². The molecule has 3 aromatic rings. The van der Waals surface area contributed by atoms with Crippen LogP contribution in [0.3, 0.4) is 0 Å². The number of carbonyl (C=O) groups excluding carboxylic acids is 2. The fourth-order valence-corrected chi connectivity index (χ4v) is 4.33. The first kappa shape index (κ1) is 23.1. The minimum atomic E-state index is -0.707. The van der Waals surface area contributed by atoms with Gasteiger partial charge in [-0.3, -0.25) is 9.59 Å². The van der Waals surface area contributed by atoms with Crippen molar-refractivity contribution in [1.29, 1.82) is 0 Å². The molecule has 1 aliphatic rings. The van der Waals surface area contributed by atoms with Gasteiger partial charge in [0.1, 0.15) is 6.04 Å². The van der Waals surface area contributed by atoms with Crippen molar-refractivity contribution in [3.8, 4) is 5.75 Å². The van der Waals surface area contributed by atoms with Gasteiger partial charge in [-0.25, -0.2) is 4.39 Å². The van der Waals surface area contributed by atoms with Gasteiger partial charge >= 0.3 is 0 Å². The Morgan fingerprint density at radius 3 is 2.45 bits per heavy atom. The summed E-state index contributed by atoms with van der Waals surface area (Å²) in [5, 5.41) is 1.03. The van der Waals surface area contributed by atoms with Crippen molar-refractivity contribution in [2.45, 2.75) is 25.0 Å². The second kappa shape index (κ2) is 9.81. The second-order valence-corrected chi connectivity index (χ2v) is 8.62. The van der Waals surface area contributed by atoms with Crippen LogP contribution in [0.1, 0.15) is 40.4 Å². The molecule has 2 unspecified atom stereocenters. The van der Waals surface area contributed by atoms with Crippen LogP contribution in [0.5, 0.6) is 5.75 Å². The molecule has 1 heterocycles. The lowest BCUT2D eigenvalue weighted by atomic mass is 10.0. The van der Waals surface area contributed by atoms with Crippen LogP contribution in [0.4, 0.5) is 4.39 Å². The molecule has 3 aromatic carbocycles. The maximum atomic E-state index is 15.1. The van der Waals surface area contributed by atoms with Gasteiger partial charge in [0.25, 0.3) is 5.91 Å². The molecular formula is C25H21Cl2FN2O3. The third kappa shape index (κ3) is 4.97. The number of hydrogen-bond donors (Lipinski definition) is 1. The number of likely N-dealkylation sites (tertiary alicyclic amines) is 1. The number of rotatable bonds is 6. The highest BCUT2D eigenvalue weighted by molar-refractivity contribution is 6.31. The van der Waals surface area contributed by atoms with Gasteiger partial charge in [0.05, 0.1) is 0 Å². The lowest BCUT2D eigenvalue weighted by molar-refractivity contribution is -0.121. The quantitative estimate of drug-likeness (QED) is 0.507. The van der Waals surface area contributed by atoms with Gasteiger partial charge < -0.3 is 15.4 Å². The van der Waals surface area contributed by atoms with Gasteiger partial charge in [0.15, 0.2) is 17.7 Å². The lowest BCUT2D eigenvalue weighted by Crippen LogP contribution is -2.43. The molecule has 0 aromatic heterocycles. The fraction of sp³-hybridized carbons (Fsp3) is 0.200. The van der Waals surface area contributed by atoms with Crippen molar-refractivity contribution in [1.82, 2.24) is 4.90 Å². The van der Waals surface area contributed by atoms with Crippen LogP contribution in [-0.2, 0) is 4.79 Å². The Kier molecular flexibility index (Phi) is 6.86. The summed E-state index contributed by atoms with van der Waals surface area (Å²) in [6, 6.07) is 17.4. The van der Waals surface area contributed by atoms with Crippen LogP contribution in [0.2, 0.25) is 10.0 Å². The Morgan fingerprint density at radius 2 is 1.79 bits per heavy atom. The predicted molar refractivity (Wildman–Crippen MR) is 125 cm³/mol. The molecule has 8 heteroatoms. The summed E-state index contributed by atoms with van der Waals surface area (Å²) in [6.45, 7) is 0.400. The number of primary amides is 1. The zero-order valence-corrected chi connectivity index (χ0v) is 19.0. The third-order valence-electron chi connectivity index (χ3n) is 5.63. The Bertz CT molecular complexity index is 1190. The van der Waals surface area contributed by atoms with E-state index in [1.54, 1.807) is 42.5 Å². The molecule has 2 N–H and O–H groups in total. The van der Waals surface area contributed by atoms with Gasteiger partial charge in [-0.1, -0.05) is 53.5 Å². The molecule has 2 atom stereocenters. The minimum Gasteiger partial charge on any atom is -0.478 e. The smallest absolute Gasteiger partial charge is 0.254 e. The number of carbonyl (C=O) groups is 2. The molecule has 0 radical (unpaired) electrons. The highest BCUT2D eigenvalue weighted by atomic mass is 35.5. The molecule has 0 spiro atoms. The summed E-state index contributed by atoms with van der Waals surface area (Å²) in [5.41, 5.74) is 6.90. The van der Waals surface area contributed by atoms with Gasteiger partial charge in [-0.05, 0) is 54.8 Å². The Hall–Kier alpha value is -3.09. The Labute approximate surface area is 200 Å². The fourth-order valence-electron chi connectivity index (χ4n) is 3.96. The zero-order valence-electron chi connectivity index (χ0n) is 17.5. The van der Waals surface area contributed by atoms with E-state index in [1.807, 2.05) is 6.07 Å². The molecule has 33 heavy (non-hydrogen) atoms. The summed E-state index contributed by atoms with van der Waals surface area (Å²) in [6.07, 6.45) is 0.472. The van der Waals surface area contributed by atoms with E-state index in [-0.39, 0.29) is 11.3 Å². The van der Waals surface area contributed by atoms with Crippen LogP contribution in [-0.4, -0.2) is 29.3 Å².